The molecule has 0 spiro atoms. The lowest BCUT2D eigenvalue weighted by Gasteiger charge is -2.20. The fourth-order valence-electron chi connectivity index (χ4n) is 2.59. The highest BCUT2D eigenvalue weighted by Crippen LogP contribution is 2.32. The van der Waals surface area contributed by atoms with Gasteiger partial charge in [-0.25, -0.2) is 4.39 Å². The summed E-state index contributed by atoms with van der Waals surface area (Å²) < 4.78 is 13.6. The number of benzene rings is 2. The third-order valence-electron chi connectivity index (χ3n) is 3.55. The molecule has 0 saturated carbocycles. The van der Waals surface area contributed by atoms with Crippen molar-refractivity contribution >= 4 is 22.5 Å². The Balaban J connectivity index is 2.21. The third kappa shape index (κ3) is 2.62. The molecule has 1 unspecified atom stereocenters. The van der Waals surface area contributed by atoms with E-state index in [0.29, 0.717) is 5.02 Å². The van der Waals surface area contributed by atoms with E-state index >= 15 is 0 Å². The molecule has 2 aromatic carbocycles. The zero-order chi connectivity index (χ0) is 14.8. The van der Waals surface area contributed by atoms with Gasteiger partial charge in [0, 0.05) is 16.6 Å². The molecule has 21 heavy (non-hydrogen) atoms. The first-order chi connectivity index (χ1) is 10.2. The summed E-state index contributed by atoms with van der Waals surface area (Å²) in [6, 6.07) is 14.0. The lowest BCUT2D eigenvalue weighted by Crippen LogP contribution is -2.18. The van der Waals surface area contributed by atoms with Crippen molar-refractivity contribution in [2.45, 2.75) is 6.04 Å². The molecule has 3 aromatic rings. The Hall–Kier alpha value is -1.97. The summed E-state index contributed by atoms with van der Waals surface area (Å²) >= 11 is 6.25. The van der Waals surface area contributed by atoms with Gasteiger partial charge in [0.05, 0.1) is 11.6 Å². The second kappa shape index (κ2) is 5.80. The van der Waals surface area contributed by atoms with Crippen LogP contribution in [0.1, 0.15) is 17.2 Å². The van der Waals surface area contributed by atoms with Crippen LogP contribution in [0.25, 0.3) is 10.9 Å². The first kappa shape index (κ1) is 14.0. The molecule has 0 amide bonds. The SMILES string of the molecule is CNC(c1cc(F)ccc1Cl)c1cccc2ncccc12. The average Bonchev–Trinajstić information content (AvgIpc) is 2.51. The minimum Gasteiger partial charge on any atom is -0.309 e. The molecule has 1 N–H and O–H groups in total. The Labute approximate surface area is 127 Å². The molecule has 1 aromatic heterocycles. The second-order valence-electron chi connectivity index (χ2n) is 4.80. The van der Waals surface area contributed by atoms with E-state index in [1.54, 1.807) is 12.3 Å². The van der Waals surface area contributed by atoms with Crippen LogP contribution in [0.2, 0.25) is 5.02 Å². The Kier molecular flexibility index (Phi) is 3.86. The standard InChI is InChI=1S/C17H14ClFN2/c1-20-17(14-10-11(19)7-8-15(14)18)13-4-2-6-16-12(13)5-3-9-21-16/h2-10,17,20H,1H3. The number of fused-ring (bicyclic) bond motifs is 1. The number of hydrogen-bond acceptors (Lipinski definition) is 2. The van der Waals surface area contributed by atoms with Gasteiger partial charge in [0.25, 0.3) is 0 Å². The number of pyridine rings is 1. The Morgan fingerprint density at radius 2 is 1.95 bits per heavy atom. The van der Waals surface area contributed by atoms with Crippen molar-refractivity contribution in [2.24, 2.45) is 0 Å². The molecule has 106 valence electrons. The topological polar surface area (TPSA) is 24.9 Å². The molecule has 4 heteroatoms. The summed E-state index contributed by atoms with van der Waals surface area (Å²) in [5.41, 5.74) is 2.65. The summed E-state index contributed by atoms with van der Waals surface area (Å²) in [6.07, 6.45) is 1.76. The van der Waals surface area contributed by atoms with Crippen molar-refractivity contribution < 1.29 is 4.39 Å². The van der Waals surface area contributed by atoms with Crippen molar-refractivity contribution in [3.05, 3.63) is 76.7 Å². The molecular weight excluding hydrogens is 287 g/mol. The number of rotatable bonds is 3. The normalized spacial score (nSPS) is 12.5. The van der Waals surface area contributed by atoms with Crippen LogP contribution in [0.4, 0.5) is 4.39 Å². The summed E-state index contributed by atoms with van der Waals surface area (Å²) in [5.74, 6) is -0.298. The van der Waals surface area contributed by atoms with Gasteiger partial charge in [0.15, 0.2) is 0 Å². The van der Waals surface area contributed by atoms with Gasteiger partial charge >= 0.3 is 0 Å². The van der Waals surface area contributed by atoms with Crippen LogP contribution >= 0.6 is 11.6 Å². The highest BCUT2D eigenvalue weighted by atomic mass is 35.5. The van der Waals surface area contributed by atoms with E-state index in [1.807, 2.05) is 37.4 Å². The van der Waals surface area contributed by atoms with Crippen molar-refractivity contribution in [3.8, 4) is 0 Å². The lowest BCUT2D eigenvalue weighted by atomic mass is 9.95. The van der Waals surface area contributed by atoms with Gasteiger partial charge in [-0.15, -0.1) is 0 Å². The van der Waals surface area contributed by atoms with E-state index in [-0.39, 0.29) is 11.9 Å². The van der Waals surface area contributed by atoms with Crippen molar-refractivity contribution in [3.63, 3.8) is 0 Å². The summed E-state index contributed by atoms with van der Waals surface area (Å²) in [6.45, 7) is 0. The minimum atomic E-state index is -0.298. The van der Waals surface area contributed by atoms with Crippen LogP contribution in [-0.4, -0.2) is 12.0 Å². The maximum absolute atomic E-state index is 13.6. The zero-order valence-electron chi connectivity index (χ0n) is 11.5. The van der Waals surface area contributed by atoms with Gasteiger partial charge in [0.1, 0.15) is 5.82 Å². The Morgan fingerprint density at radius 3 is 2.76 bits per heavy atom. The van der Waals surface area contributed by atoms with Gasteiger partial charge < -0.3 is 5.32 Å². The quantitative estimate of drug-likeness (QED) is 0.778. The molecular formula is C17H14ClFN2. The van der Waals surface area contributed by atoms with E-state index in [9.17, 15) is 4.39 Å². The molecule has 0 aliphatic rings. The van der Waals surface area contributed by atoms with Crippen molar-refractivity contribution in [2.75, 3.05) is 7.05 Å². The Bertz CT molecular complexity index is 783. The van der Waals surface area contributed by atoms with Crippen LogP contribution in [0.5, 0.6) is 0 Å². The molecule has 2 nitrogen and oxygen atoms in total. The molecule has 1 heterocycles. The van der Waals surface area contributed by atoms with Crippen LogP contribution in [0.15, 0.2) is 54.7 Å². The van der Waals surface area contributed by atoms with Gasteiger partial charge in [0.2, 0.25) is 0 Å². The predicted octanol–water partition coefficient (Wildman–Crippen LogP) is 4.34. The molecule has 0 fully saturated rings. The first-order valence-corrected chi connectivity index (χ1v) is 7.04. The van der Waals surface area contributed by atoms with Crippen molar-refractivity contribution in [1.82, 2.24) is 10.3 Å². The van der Waals surface area contributed by atoms with E-state index in [1.165, 1.54) is 12.1 Å². The highest BCUT2D eigenvalue weighted by molar-refractivity contribution is 6.31. The third-order valence-corrected chi connectivity index (χ3v) is 3.89. The largest absolute Gasteiger partial charge is 0.309 e. The fourth-order valence-corrected chi connectivity index (χ4v) is 2.82. The number of nitrogens with zero attached hydrogens (tertiary/aromatic N) is 1. The maximum atomic E-state index is 13.6. The molecule has 0 aliphatic carbocycles. The molecule has 0 radical (unpaired) electrons. The van der Waals surface area contributed by atoms with Gasteiger partial charge in [-0.05, 0) is 48.5 Å². The number of aromatic nitrogens is 1. The monoisotopic (exact) mass is 300 g/mol. The second-order valence-corrected chi connectivity index (χ2v) is 5.21. The highest BCUT2D eigenvalue weighted by Gasteiger charge is 2.18. The summed E-state index contributed by atoms with van der Waals surface area (Å²) in [4.78, 5) is 4.36. The van der Waals surface area contributed by atoms with Crippen LogP contribution in [-0.2, 0) is 0 Å². The van der Waals surface area contributed by atoms with Crippen LogP contribution < -0.4 is 5.32 Å². The van der Waals surface area contributed by atoms with Crippen LogP contribution in [0, 0.1) is 5.82 Å². The lowest BCUT2D eigenvalue weighted by molar-refractivity contribution is 0.617. The van der Waals surface area contributed by atoms with Gasteiger partial charge in [-0.1, -0.05) is 29.8 Å². The minimum absolute atomic E-state index is 0.193. The number of halogens is 2. The molecule has 3 rings (SSSR count). The van der Waals surface area contributed by atoms with Crippen LogP contribution in [0.3, 0.4) is 0 Å². The predicted molar refractivity (Wildman–Crippen MR) is 84.1 cm³/mol. The Morgan fingerprint density at radius 1 is 1.10 bits per heavy atom. The summed E-state index contributed by atoms with van der Waals surface area (Å²) in [5, 5.41) is 4.78. The molecule has 0 aliphatic heterocycles. The average molecular weight is 301 g/mol. The molecule has 0 saturated heterocycles. The first-order valence-electron chi connectivity index (χ1n) is 6.66. The van der Waals surface area contributed by atoms with E-state index in [4.69, 9.17) is 11.6 Å². The number of nitrogens with one attached hydrogen (secondary N) is 1. The van der Waals surface area contributed by atoms with Crippen molar-refractivity contribution in [1.29, 1.82) is 0 Å². The zero-order valence-corrected chi connectivity index (χ0v) is 12.2. The maximum Gasteiger partial charge on any atom is 0.123 e. The van der Waals surface area contributed by atoms with Gasteiger partial charge in [-0.3, -0.25) is 4.98 Å². The molecule has 1 atom stereocenters. The molecule has 0 bridgehead atoms. The summed E-state index contributed by atoms with van der Waals surface area (Å²) in [7, 11) is 1.83. The van der Waals surface area contributed by atoms with E-state index in [2.05, 4.69) is 10.3 Å². The fraction of sp³-hybridized carbons (Fsp3) is 0.118. The number of hydrogen-bond donors (Lipinski definition) is 1. The van der Waals surface area contributed by atoms with Gasteiger partial charge in [-0.2, -0.15) is 0 Å². The van der Waals surface area contributed by atoms with E-state index < -0.39 is 0 Å². The van der Waals surface area contributed by atoms with E-state index in [0.717, 1.165) is 22.0 Å². The smallest absolute Gasteiger partial charge is 0.123 e.